The molecule has 2 nitrogen and oxygen atoms in total. The van der Waals surface area contributed by atoms with Gasteiger partial charge in [-0.05, 0) is 70.6 Å². The minimum Gasteiger partial charge on any atom is -0.316 e. The van der Waals surface area contributed by atoms with Crippen LogP contribution in [0.25, 0.3) is 0 Å². The Balaban J connectivity index is 2.19. The minimum absolute atomic E-state index is 0.211. The predicted octanol–water partition coefficient (Wildman–Crippen LogP) is 3.96. The number of hydrogen-bond acceptors (Lipinski definition) is 2. The Bertz CT molecular complexity index is 440. The Morgan fingerprint density at radius 1 is 1.25 bits per heavy atom. The summed E-state index contributed by atoms with van der Waals surface area (Å²) in [5.74, 6) is 0. The molecule has 4 heteroatoms. The van der Waals surface area contributed by atoms with Crippen molar-refractivity contribution in [2.24, 2.45) is 0 Å². The molecule has 0 saturated carbocycles. The quantitative estimate of drug-likeness (QED) is 0.885. The smallest absolute Gasteiger partial charge is 0.0595 e. The van der Waals surface area contributed by atoms with E-state index < -0.39 is 0 Å². The second-order valence-corrected chi connectivity index (χ2v) is 6.91. The summed E-state index contributed by atoms with van der Waals surface area (Å²) in [4.78, 5) is 2.25. The zero-order valence-corrected chi connectivity index (χ0v) is 13.9. The van der Waals surface area contributed by atoms with Crippen LogP contribution in [0.5, 0.6) is 0 Å². The largest absolute Gasteiger partial charge is 0.316 e. The highest BCUT2D eigenvalue weighted by Crippen LogP contribution is 2.38. The van der Waals surface area contributed by atoms with Crippen molar-refractivity contribution in [2.75, 3.05) is 33.7 Å². The summed E-state index contributed by atoms with van der Waals surface area (Å²) in [6.07, 6.45) is 4.85. The monoisotopic (exact) mass is 314 g/mol. The highest BCUT2D eigenvalue weighted by Gasteiger charge is 2.33. The van der Waals surface area contributed by atoms with Crippen molar-refractivity contribution in [2.45, 2.75) is 31.1 Å². The number of nitrogens with zero attached hydrogens (tertiary/aromatic N) is 1. The Morgan fingerprint density at radius 2 is 2.05 bits per heavy atom. The van der Waals surface area contributed by atoms with Gasteiger partial charge in [0.25, 0.3) is 0 Å². The molecule has 2 rings (SSSR count). The Labute approximate surface area is 132 Å². The standard InChI is InChI=1S/C16H24Cl2N2/c1-20(2)10-4-8-16(7-3-9-19-12-16)13-5-6-14(17)15(18)11-13/h5-6,11,19H,3-4,7-10,12H2,1-2H3. The van der Waals surface area contributed by atoms with E-state index in [4.69, 9.17) is 23.2 Å². The molecular formula is C16H24Cl2N2. The van der Waals surface area contributed by atoms with Crippen molar-refractivity contribution in [3.63, 3.8) is 0 Å². The number of benzene rings is 1. The van der Waals surface area contributed by atoms with Gasteiger partial charge in [0.15, 0.2) is 0 Å². The fourth-order valence-corrected chi connectivity index (χ4v) is 3.43. The summed E-state index contributed by atoms with van der Waals surface area (Å²) in [6.45, 7) is 3.29. The zero-order valence-electron chi connectivity index (χ0n) is 12.4. The van der Waals surface area contributed by atoms with Gasteiger partial charge in [0.2, 0.25) is 0 Å². The molecule has 0 bridgehead atoms. The number of rotatable bonds is 5. The summed E-state index contributed by atoms with van der Waals surface area (Å²) < 4.78 is 0. The third-order valence-electron chi connectivity index (χ3n) is 4.26. The highest BCUT2D eigenvalue weighted by atomic mass is 35.5. The van der Waals surface area contributed by atoms with E-state index in [1.807, 2.05) is 6.07 Å². The van der Waals surface area contributed by atoms with Crippen LogP contribution in [-0.4, -0.2) is 38.6 Å². The normalized spacial score (nSPS) is 23.2. The van der Waals surface area contributed by atoms with Gasteiger partial charge in [0.1, 0.15) is 0 Å². The highest BCUT2D eigenvalue weighted by molar-refractivity contribution is 6.42. The van der Waals surface area contributed by atoms with Crippen LogP contribution in [0.2, 0.25) is 10.0 Å². The van der Waals surface area contributed by atoms with E-state index in [2.05, 4.69) is 36.4 Å². The number of hydrogen-bond donors (Lipinski definition) is 1. The summed E-state index contributed by atoms with van der Waals surface area (Å²) in [7, 11) is 4.26. The molecule has 0 aliphatic carbocycles. The van der Waals surface area contributed by atoms with Crippen molar-refractivity contribution in [1.29, 1.82) is 0 Å². The molecule has 1 saturated heterocycles. The van der Waals surface area contributed by atoms with E-state index in [1.165, 1.54) is 31.2 Å². The topological polar surface area (TPSA) is 15.3 Å². The van der Waals surface area contributed by atoms with Crippen molar-refractivity contribution in [3.05, 3.63) is 33.8 Å². The average molecular weight is 315 g/mol. The first-order chi connectivity index (χ1) is 9.53. The molecule has 1 aromatic carbocycles. The lowest BCUT2D eigenvalue weighted by Gasteiger charge is -2.39. The van der Waals surface area contributed by atoms with Crippen LogP contribution in [-0.2, 0) is 5.41 Å². The van der Waals surface area contributed by atoms with Crippen molar-refractivity contribution in [1.82, 2.24) is 10.2 Å². The second kappa shape index (κ2) is 7.13. The van der Waals surface area contributed by atoms with Gasteiger partial charge >= 0.3 is 0 Å². The van der Waals surface area contributed by atoms with Crippen LogP contribution in [0.15, 0.2) is 18.2 Å². The van der Waals surface area contributed by atoms with Crippen LogP contribution in [0, 0.1) is 0 Å². The van der Waals surface area contributed by atoms with E-state index in [1.54, 1.807) is 0 Å². The maximum Gasteiger partial charge on any atom is 0.0595 e. The lowest BCUT2D eigenvalue weighted by molar-refractivity contribution is 0.270. The van der Waals surface area contributed by atoms with Crippen LogP contribution in [0.3, 0.4) is 0 Å². The van der Waals surface area contributed by atoms with Gasteiger partial charge in [-0.3, -0.25) is 0 Å². The van der Waals surface area contributed by atoms with Crippen LogP contribution in [0.1, 0.15) is 31.2 Å². The van der Waals surface area contributed by atoms with Gasteiger partial charge in [-0.1, -0.05) is 29.3 Å². The molecule has 1 fully saturated rings. The molecule has 112 valence electrons. The first kappa shape index (κ1) is 16.1. The molecule has 1 aliphatic rings. The van der Waals surface area contributed by atoms with E-state index in [0.717, 1.165) is 19.6 Å². The van der Waals surface area contributed by atoms with Gasteiger partial charge in [0.05, 0.1) is 10.0 Å². The van der Waals surface area contributed by atoms with E-state index in [-0.39, 0.29) is 5.41 Å². The van der Waals surface area contributed by atoms with Crippen molar-refractivity contribution < 1.29 is 0 Å². The Hall–Kier alpha value is -0.280. The molecule has 1 atom stereocenters. The molecule has 20 heavy (non-hydrogen) atoms. The molecule has 0 amide bonds. The molecule has 1 heterocycles. The number of piperidine rings is 1. The molecule has 1 unspecified atom stereocenters. The Kier molecular flexibility index (Phi) is 5.74. The molecule has 0 spiro atoms. The lowest BCUT2D eigenvalue weighted by atomic mass is 9.71. The fraction of sp³-hybridized carbons (Fsp3) is 0.625. The third kappa shape index (κ3) is 3.88. The first-order valence-electron chi connectivity index (χ1n) is 7.34. The summed E-state index contributed by atoms with van der Waals surface area (Å²) in [5.41, 5.74) is 1.54. The predicted molar refractivity (Wildman–Crippen MR) is 88.0 cm³/mol. The minimum atomic E-state index is 0.211. The molecule has 1 aromatic rings. The van der Waals surface area contributed by atoms with Gasteiger partial charge < -0.3 is 10.2 Å². The summed E-state index contributed by atoms with van der Waals surface area (Å²) in [6, 6.07) is 6.14. The maximum atomic E-state index is 6.22. The molecule has 1 aliphatic heterocycles. The number of nitrogens with one attached hydrogen (secondary N) is 1. The van der Waals surface area contributed by atoms with Crippen LogP contribution < -0.4 is 5.32 Å². The van der Waals surface area contributed by atoms with E-state index >= 15 is 0 Å². The van der Waals surface area contributed by atoms with Crippen molar-refractivity contribution >= 4 is 23.2 Å². The summed E-state index contributed by atoms with van der Waals surface area (Å²) in [5, 5.41) is 4.87. The molecule has 1 N–H and O–H groups in total. The first-order valence-corrected chi connectivity index (χ1v) is 8.10. The molecule has 0 aromatic heterocycles. The number of halogens is 2. The van der Waals surface area contributed by atoms with Gasteiger partial charge in [0, 0.05) is 12.0 Å². The second-order valence-electron chi connectivity index (χ2n) is 6.10. The zero-order chi connectivity index (χ0) is 14.6. The Morgan fingerprint density at radius 3 is 2.65 bits per heavy atom. The van der Waals surface area contributed by atoms with Gasteiger partial charge in [-0.15, -0.1) is 0 Å². The van der Waals surface area contributed by atoms with Gasteiger partial charge in [-0.25, -0.2) is 0 Å². The van der Waals surface area contributed by atoms with Crippen LogP contribution in [0.4, 0.5) is 0 Å². The van der Waals surface area contributed by atoms with E-state index in [0.29, 0.717) is 10.0 Å². The fourth-order valence-electron chi connectivity index (χ4n) is 3.13. The summed E-state index contributed by atoms with van der Waals surface area (Å²) >= 11 is 12.3. The molecular weight excluding hydrogens is 291 g/mol. The third-order valence-corrected chi connectivity index (χ3v) is 5.00. The van der Waals surface area contributed by atoms with Crippen LogP contribution >= 0.6 is 23.2 Å². The SMILES string of the molecule is CN(C)CCCC1(c2ccc(Cl)c(Cl)c2)CCCNC1. The average Bonchev–Trinajstić information content (AvgIpc) is 2.42. The van der Waals surface area contributed by atoms with Gasteiger partial charge in [-0.2, -0.15) is 0 Å². The lowest BCUT2D eigenvalue weighted by Crippen LogP contribution is -2.43. The van der Waals surface area contributed by atoms with E-state index in [9.17, 15) is 0 Å². The molecule has 0 radical (unpaired) electrons. The maximum absolute atomic E-state index is 6.22. The van der Waals surface area contributed by atoms with Crippen molar-refractivity contribution in [3.8, 4) is 0 Å².